The van der Waals surface area contributed by atoms with Gasteiger partial charge in [-0.25, -0.2) is 4.79 Å². The molecule has 1 aliphatic heterocycles. The third-order valence-electron chi connectivity index (χ3n) is 9.15. The molecule has 1 aromatic carbocycles. The van der Waals surface area contributed by atoms with Crippen LogP contribution in [0.15, 0.2) is 48.3 Å². The number of carbonyl (C=O) groups is 2. The van der Waals surface area contributed by atoms with E-state index in [1.807, 2.05) is 17.0 Å². The number of hydrogen-bond acceptors (Lipinski definition) is 6. The molecule has 43 heavy (non-hydrogen) atoms. The van der Waals surface area contributed by atoms with Gasteiger partial charge in [0.05, 0.1) is 6.04 Å². The van der Waals surface area contributed by atoms with Gasteiger partial charge in [0.2, 0.25) is 0 Å². The Morgan fingerprint density at radius 1 is 1.14 bits per heavy atom. The second-order valence-electron chi connectivity index (χ2n) is 12.9. The van der Waals surface area contributed by atoms with Crippen LogP contribution in [0.25, 0.3) is 0 Å². The van der Waals surface area contributed by atoms with Gasteiger partial charge in [0.1, 0.15) is 5.76 Å². The first-order valence-corrected chi connectivity index (χ1v) is 14.6. The van der Waals surface area contributed by atoms with Gasteiger partial charge in [-0.3, -0.25) is 10.1 Å². The average molecular weight is 602 g/mol. The number of rotatable bonds is 6. The van der Waals surface area contributed by atoms with Gasteiger partial charge in [-0.2, -0.15) is 5.21 Å². The van der Waals surface area contributed by atoms with Crippen LogP contribution in [0.1, 0.15) is 75.7 Å². The van der Waals surface area contributed by atoms with Crippen molar-refractivity contribution in [2.75, 3.05) is 11.9 Å². The first-order chi connectivity index (χ1) is 20.2. The number of urea groups is 1. The number of alkyl halides is 3. The summed E-state index contributed by atoms with van der Waals surface area (Å²) in [5.74, 6) is -0.388. The predicted octanol–water partition coefficient (Wildman–Crippen LogP) is 6.05. The zero-order valence-corrected chi connectivity index (χ0v) is 24.8. The van der Waals surface area contributed by atoms with Gasteiger partial charge in [-0.15, -0.1) is 18.3 Å². The van der Waals surface area contributed by atoms with Crippen LogP contribution < -0.4 is 5.32 Å². The van der Waals surface area contributed by atoms with Crippen molar-refractivity contribution in [3.05, 3.63) is 59.4 Å². The van der Waals surface area contributed by atoms with E-state index in [-0.39, 0.29) is 40.5 Å². The zero-order chi connectivity index (χ0) is 31.0. The lowest BCUT2D eigenvalue weighted by Crippen LogP contribution is -2.64. The fourth-order valence-electron chi connectivity index (χ4n) is 6.67. The van der Waals surface area contributed by atoms with Crippen LogP contribution in [-0.2, 0) is 11.3 Å². The zero-order valence-electron chi connectivity index (χ0n) is 24.8. The number of amides is 3. The molecule has 1 aromatic heterocycles. The number of H-pyrrole nitrogens is 1. The molecule has 3 amide bonds. The van der Waals surface area contributed by atoms with Crippen LogP contribution in [0.2, 0.25) is 0 Å². The molecule has 2 unspecified atom stereocenters. The molecule has 1 spiro atoms. The van der Waals surface area contributed by atoms with Gasteiger partial charge >= 0.3 is 12.4 Å². The fourth-order valence-corrected chi connectivity index (χ4v) is 6.67. The summed E-state index contributed by atoms with van der Waals surface area (Å²) in [6.07, 6.45) is 4.16. The molecule has 0 bridgehead atoms. The summed E-state index contributed by atoms with van der Waals surface area (Å²) < 4.78 is 42.5. The largest absolute Gasteiger partial charge is 0.573 e. The van der Waals surface area contributed by atoms with Crippen molar-refractivity contribution >= 4 is 17.9 Å². The standard InChI is InChI=1S/C30H38F3N7O3/c1-19-17-23(43-30(31,32)33)9-10-24(19)39-16-15-29(13-11-22(12-14-29)28(2,3)4)40(27(39)42)18-20-5-7-21(8-6-20)25(41)34-26-35-37-38-36-26/h5-10,17,19,22,24H,11-16,18H2,1-4H3,(H2,34,35,36,37,38,41). The fraction of sp³-hybridized carbons (Fsp3) is 0.567. The van der Waals surface area contributed by atoms with Crippen molar-refractivity contribution in [3.8, 4) is 0 Å². The Morgan fingerprint density at radius 2 is 1.84 bits per heavy atom. The third kappa shape index (κ3) is 6.86. The predicted molar refractivity (Wildman–Crippen MR) is 152 cm³/mol. The van der Waals surface area contributed by atoms with E-state index in [0.29, 0.717) is 24.6 Å². The molecule has 2 atom stereocenters. The number of anilines is 1. The highest BCUT2D eigenvalue weighted by Crippen LogP contribution is 2.48. The van der Waals surface area contributed by atoms with E-state index < -0.39 is 12.4 Å². The lowest BCUT2D eigenvalue weighted by atomic mass is 9.65. The van der Waals surface area contributed by atoms with Crippen molar-refractivity contribution in [1.29, 1.82) is 0 Å². The van der Waals surface area contributed by atoms with Gasteiger partial charge in [-0.1, -0.05) is 51.0 Å². The smallest absolute Gasteiger partial charge is 0.406 e. The van der Waals surface area contributed by atoms with E-state index in [2.05, 4.69) is 51.4 Å². The van der Waals surface area contributed by atoms with Crippen molar-refractivity contribution in [2.45, 2.75) is 84.3 Å². The molecule has 232 valence electrons. The highest BCUT2D eigenvalue weighted by atomic mass is 19.4. The molecule has 2 aliphatic carbocycles. The number of halogens is 3. The molecule has 10 nitrogen and oxygen atoms in total. The number of allylic oxidation sites excluding steroid dienone is 1. The second-order valence-corrected chi connectivity index (χ2v) is 12.9. The number of benzene rings is 1. The van der Waals surface area contributed by atoms with Gasteiger partial charge < -0.3 is 14.5 Å². The summed E-state index contributed by atoms with van der Waals surface area (Å²) in [5.41, 5.74) is 1.15. The van der Waals surface area contributed by atoms with Crippen LogP contribution in [0.4, 0.5) is 23.9 Å². The van der Waals surface area contributed by atoms with E-state index in [4.69, 9.17) is 0 Å². The van der Waals surface area contributed by atoms with Crippen molar-refractivity contribution in [2.24, 2.45) is 17.3 Å². The topological polar surface area (TPSA) is 116 Å². The Hall–Kier alpha value is -3.90. The number of hydrogen-bond donors (Lipinski definition) is 2. The van der Waals surface area contributed by atoms with Crippen molar-refractivity contribution in [1.82, 2.24) is 30.4 Å². The molecule has 2 aromatic rings. The summed E-state index contributed by atoms with van der Waals surface area (Å²) in [6.45, 7) is 9.46. The van der Waals surface area contributed by atoms with E-state index in [1.54, 1.807) is 30.0 Å². The minimum absolute atomic E-state index is 0.0683. The normalized spacial score (nSPS) is 26.4. The minimum atomic E-state index is -4.78. The molecule has 0 radical (unpaired) electrons. The van der Waals surface area contributed by atoms with Gasteiger partial charge in [0, 0.05) is 30.1 Å². The third-order valence-corrected chi connectivity index (χ3v) is 9.15. The van der Waals surface area contributed by atoms with Crippen molar-refractivity contribution < 1.29 is 27.5 Å². The van der Waals surface area contributed by atoms with Gasteiger partial charge in [0.15, 0.2) is 0 Å². The summed E-state index contributed by atoms with van der Waals surface area (Å²) in [7, 11) is 0. The Kier molecular flexibility index (Phi) is 8.28. The molecule has 2 N–H and O–H groups in total. The quantitative estimate of drug-likeness (QED) is 0.417. The molecule has 5 rings (SSSR count). The maximum atomic E-state index is 14.3. The maximum absolute atomic E-state index is 14.3. The van der Waals surface area contributed by atoms with Crippen LogP contribution in [0.3, 0.4) is 0 Å². The summed E-state index contributed by atoms with van der Waals surface area (Å²) in [4.78, 5) is 30.6. The molecule has 2 heterocycles. The highest BCUT2D eigenvalue weighted by molar-refractivity contribution is 6.03. The van der Waals surface area contributed by atoms with E-state index in [9.17, 15) is 22.8 Å². The van der Waals surface area contributed by atoms with Crippen LogP contribution in [0.5, 0.6) is 0 Å². The van der Waals surface area contributed by atoms with Crippen LogP contribution in [-0.4, -0.2) is 66.9 Å². The molecule has 1 saturated carbocycles. The summed E-state index contributed by atoms with van der Waals surface area (Å²) in [6, 6.07) is 6.53. The van der Waals surface area contributed by atoms with E-state index in [0.717, 1.165) is 37.7 Å². The van der Waals surface area contributed by atoms with E-state index in [1.165, 1.54) is 12.2 Å². The Morgan fingerprint density at radius 3 is 2.42 bits per heavy atom. The first kappa shape index (κ1) is 30.6. The average Bonchev–Trinajstić information content (AvgIpc) is 3.44. The van der Waals surface area contributed by atoms with Crippen LogP contribution >= 0.6 is 0 Å². The molecule has 3 aliphatic rings. The summed E-state index contributed by atoms with van der Waals surface area (Å²) in [5, 5.41) is 15.7. The van der Waals surface area contributed by atoms with Gasteiger partial charge in [-0.05, 0) is 78.5 Å². The molecule has 2 fully saturated rings. The van der Waals surface area contributed by atoms with Crippen LogP contribution in [0, 0.1) is 17.3 Å². The number of carbonyl (C=O) groups excluding carboxylic acids is 2. The Bertz CT molecular complexity index is 1360. The number of nitrogens with one attached hydrogen (secondary N) is 2. The Balaban J connectivity index is 1.36. The number of aromatic amines is 1. The summed E-state index contributed by atoms with van der Waals surface area (Å²) >= 11 is 0. The minimum Gasteiger partial charge on any atom is -0.406 e. The molecular weight excluding hydrogens is 563 g/mol. The highest BCUT2D eigenvalue weighted by Gasteiger charge is 2.50. The first-order valence-electron chi connectivity index (χ1n) is 14.6. The van der Waals surface area contributed by atoms with Gasteiger partial charge in [0.25, 0.3) is 11.9 Å². The molecular formula is C30H38F3N7O3. The Labute approximate surface area is 248 Å². The lowest BCUT2D eigenvalue weighted by molar-refractivity contribution is -0.303. The monoisotopic (exact) mass is 601 g/mol. The number of nitrogens with zero attached hydrogens (tertiary/aromatic N) is 5. The van der Waals surface area contributed by atoms with E-state index >= 15 is 0 Å². The number of tetrazole rings is 1. The van der Waals surface area contributed by atoms with Crippen molar-refractivity contribution in [3.63, 3.8) is 0 Å². The lowest BCUT2D eigenvalue weighted by Gasteiger charge is -2.56. The number of ether oxygens (including phenoxy) is 1. The maximum Gasteiger partial charge on any atom is 0.573 e. The molecule has 1 saturated heterocycles. The SMILES string of the molecule is CC1C=C(OC(F)(F)F)C=CC1N1CCC2(CCC(C(C)(C)C)CC2)N(Cc2ccc(C(=O)Nc3nn[nH]n3)cc2)C1=O. The number of aromatic nitrogens is 4. The second kappa shape index (κ2) is 11.6. The molecule has 13 heteroatoms.